The fraction of sp³-hybridized carbons (Fsp3) is 0.611. The number of nitrogens with zero attached hydrogens (tertiary/aromatic N) is 2. The molecular formula is C18H30N4O. The zero-order valence-corrected chi connectivity index (χ0v) is 14.6. The summed E-state index contributed by atoms with van der Waals surface area (Å²) in [5, 5.41) is 3.25. The molecule has 2 atom stereocenters. The Morgan fingerprint density at radius 2 is 2.17 bits per heavy atom. The van der Waals surface area contributed by atoms with Gasteiger partial charge in [0.2, 0.25) is 0 Å². The number of rotatable bonds is 7. The van der Waals surface area contributed by atoms with Crippen LogP contribution >= 0.6 is 0 Å². The summed E-state index contributed by atoms with van der Waals surface area (Å²) in [5.41, 5.74) is 7.19. The van der Waals surface area contributed by atoms with E-state index in [1.807, 2.05) is 31.2 Å². The minimum Gasteiger partial charge on any atom is -0.489 e. The molecule has 0 bridgehead atoms. The molecule has 0 aliphatic carbocycles. The van der Waals surface area contributed by atoms with Gasteiger partial charge in [-0.15, -0.1) is 0 Å². The Kier molecular flexibility index (Phi) is 6.71. The summed E-state index contributed by atoms with van der Waals surface area (Å²) in [7, 11) is 0. The summed E-state index contributed by atoms with van der Waals surface area (Å²) in [6, 6.07) is 8.63. The highest BCUT2D eigenvalue weighted by Crippen LogP contribution is 2.15. The van der Waals surface area contributed by atoms with E-state index in [4.69, 9.17) is 10.5 Å². The summed E-state index contributed by atoms with van der Waals surface area (Å²) >= 11 is 0. The Balaban J connectivity index is 1.72. The second-order valence-electron chi connectivity index (χ2n) is 6.27. The average Bonchev–Trinajstić information content (AvgIpc) is 3.00. The van der Waals surface area contributed by atoms with E-state index in [1.54, 1.807) is 0 Å². The maximum atomic E-state index is 5.97. The molecule has 0 radical (unpaired) electrons. The number of nitrogens with one attached hydrogen (secondary N) is 1. The third-order valence-electron chi connectivity index (χ3n) is 4.30. The lowest BCUT2D eigenvalue weighted by Crippen LogP contribution is -2.43. The fourth-order valence-corrected chi connectivity index (χ4v) is 2.93. The molecule has 1 aliphatic heterocycles. The fourth-order valence-electron chi connectivity index (χ4n) is 2.93. The molecule has 5 heteroatoms. The molecule has 2 unspecified atom stereocenters. The van der Waals surface area contributed by atoms with Gasteiger partial charge in [0.05, 0.1) is 6.54 Å². The first-order chi connectivity index (χ1) is 11.1. The molecule has 1 saturated heterocycles. The van der Waals surface area contributed by atoms with Crippen molar-refractivity contribution >= 4 is 5.96 Å². The molecule has 3 N–H and O–H groups in total. The van der Waals surface area contributed by atoms with E-state index in [-0.39, 0.29) is 6.10 Å². The van der Waals surface area contributed by atoms with Crippen molar-refractivity contribution in [2.75, 3.05) is 26.2 Å². The highest BCUT2D eigenvalue weighted by molar-refractivity contribution is 5.77. The molecule has 0 aromatic heterocycles. The first-order valence-electron chi connectivity index (χ1n) is 8.59. The number of benzene rings is 1. The van der Waals surface area contributed by atoms with Gasteiger partial charge in [-0.05, 0) is 51.9 Å². The molecule has 1 fully saturated rings. The zero-order chi connectivity index (χ0) is 16.7. The molecule has 0 saturated carbocycles. The van der Waals surface area contributed by atoms with Crippen LogP contribution in [-0.2, 0) is 0 Å². The van der Waals surface area contributed by atoms with Crippen molar-refractivity contribution in [2.45, 2.75) is 45.8 Å². The van der Waals surface area contributed by atoms with Crippen molar-refractivity contribution in [2.24, 2.45) is 10.7 Å². The molecular weight excluding hydrogens is 288 g/mol. The van der Waals surface area contributed by atoms with Crippen LogP contribution in [0.5, 0.6) is 5.75 Å². The topological polar surface area (TPSA) is 62.9 Å². The number of likely N-dealkylation sites (N-methyl/N-ethyl adjacent to an activating group) is 1. The number of hydrogen-bond acceptors (Lipinski definition) is 3. The van der Waals surface area contributed by atoms with Crippen molar-refractivity contribution in [1.82, 2.24) is 10.2 Å². The monoisotopic (exact) mass is 318 g/mol. The van der Waals surface area contributed by atoms with Gasteiger partial charge in [0, 0.05) is 12.6 Å². The molecule has 128 valence electrons. The van der Waals surface area contributed by atoms with Crippen LogP contribution in [0, 0.1) is 6.92 Å². The van der Waals surface area contributed by atoms with Gasteiger partial charge in [-0.2, -0.15) is 0 Å². The lowest BCUT2D eigenvalue weighted by Gasteiger charge is -2.23. The van der Waals surface area contributed by atoms with Crippen LogP contribution in [0.2, 0.25) is 0 Å². The van der Waals surface area contributed by atoms with Crippen LogP contribution in [0.25, 0.3) is 0 Å². The molecule has 5 nitrogen and oxygen atoms in total. The van der Waals surface area contributed by atoms with E-state index in [0.717, 1.165) is 18.8 Å². The number of aryl methyl sites for hydroxylation is 1. The maximum Gasteiger partial charge on any atom is 0.188 e. The number of likely N-dealkylation sites (tertiary alicyclic amines) is 1. The van der Waals surface area contributed by atoms with Crippen molar-refractivity contribution in [3.8, 4) is 5.75 Å². The minimum atomic E-state index is -0.00308. The molecule has 0 spiro atoms. The van der Waals surface area contributed by atoms with E-state index in [1.165, 1.54) is 24.9 Å². The van der Waals surface area contributed by atoms with Crippen LogP contribution in [-0.4, -0.2) is 49.2 Å². The smallest absolute Gasteiger partial charge is 0.188 e. The second kappa shape index (κ2) is 8.77. The quantitative estimate of drug-likeness (QED) is 0.597. The number of guanidine groups is 1. The SMILES string of the molecule is CCN1CCCC1CNC(N)=NCC(C)Oc1ccc(C)cc1. The van der Waals surface area contributed by atoms with Crippen LogP contribution in [0.4, 0.5) is 0 Å². The van der Waals surface area contributed by atoms with Crippen LogP contribution in [0.15, 0.2) is 29.3 Å². The van der Waals surface area contributed by atoms with E-state index < -0.39 is 0 Å². The van der Waals surface area contributed by atoms with Gasteiger partial charge in [0.1, 0.15) is 11.9 Å². The number of aliphatic imine (C=N–C) groups is 1. The van der Waals surface area contributed by atoms with Gasteiger partial charge in [-0.25, -0.2) is 4.99 Å². The van der Waals surface area contributed by atoms with E-state index in [2.05, 4.69) is 29.1 Å². The molecule has 2 rings (SSSR count). The molecule has 1 aromatic rings. The Morgan fingerprint density at radius 3 is 2.87 bits per heavy atom. The Hall–Kier alpha value is -1.75. The summed E-state index contributed by atoms with van der Waals surface area (Å²) in [6.45, 7) is 10.00. The lowest BCUT2D eigenvalue weighted by molar-refractivity contribution is 0.230. The van der Waals surface area contributed by atoms with Crippen molar-refractivity contribution < 1.29 is 4.74 Å². The highest BCUT2D eigenvalue weighted by Gasteiger charge is 2.22. The molecule has 23 heavy (non-hydrogen) atoms. The summed E-state index contributed by atoms with van der Waals surface area (Å²) < 4.78 is 5.83. The van der Waals surface area contributed by atoms with E-state index in [9.17, 15) is 0 Å². The van der Waals surface area contributed by atoms with Gasteiger partial charge in [0.25, 0.3) is 0 Å². The summed E-state index contributed by atoms with van der Waals surface area (Å²) in [6.07, 6.45) is 2.51. The Morgan fingerprint density at radius 1 is 1.43 bits per heavy atom. The number of hydrogen-bond donors (Lipinski definition) is 2. The van der Waals surface area contributed by atoms with Crippen LogP contribution < -0.4 is 15.8 Å². The molecule has 1 aliphatic rings. The predicted molar refractivity (Wildman–Crippen MR) is 96.0 cm³/mol. The second-order valence-corrected chi connectivity index (χ2v) is 6.27. The van der Waals surface area contributed by atoms with Crippen LogP contribution in [0.3, 0.4) is 0 Å². The van der Waals surface area contributed by atoms with E-state index >= 15 is 0 Å². The van der Waals surface area contributed by atoms with Crippen molar-refractivity contribution in [3.05, 3.63) is 29.8 Å². The van der Waals surface area contributed by atoms with Gasteiger partial charge >= 0.3 is 0 Å². The van der Waals surface area contributed by atoms with Crippen LogP contribution in [0.1, 0.15) is 32.3 Å². The molecule has 1 aromatic carbocycles. The lowest BCUT2D eigenvalue weighted by atomic mass is 10.2. The minimum absolute atomic E-state index is 0.00308. The maximum absolute atomic E-state index is 5.97. The summed E-state index contributed by atoms with van der Waals surface area (Å²) in [5.74, 6) is 1.38. The predicted octanol–water partition coefficient (Wildman–Crippen LogP) is 2.15. The number of nitrogens with two attached hydrogens (primary N) is 1. The Labute approximate surface area is 139 Å². The standard InChI is InChI=1S/C18H30N4O/c1-4-22-11-5-6-16(22)13-21-18(19)20-12-15(3)23-17-9-7-14(2)8-10-17/h7-10,15-16H,4-6,11-13H2,1-3H3,(H3,19,20,21). The van der Waals surface area contributed by atoms with Gasteiger partial charge < -0.3 is 15.8 Å². The van der Waals surface area contributed by atoms with Crippen molar-refractivity contribution in [3.63, 3.8) is 0 Å². The third kappa shape index (κ3) is 5.75. The molecule has 0 amide bonds. The summed E-state index contributed by atoms with van der Waals surface area (Å²) in [4.78, 5) is 6.88. The van der Waals surface area contributed by atoms with Gasteiger partial charge in [-0.1, -0.05) is 24.6 Å². The van der Waals surface area contributed by atoms with E-state index in [0.29, 0.717) is 18.5 Å². The number of ether oxygens (including phenoxy) is 1. The third-order valence-corrected chi connectivity index (χ3v) is 4.30. The largest absolute Gasteiger partial charge is 0.489 e. The zero-order valence-electron chi connectivity index (χ0n) is 14.6. The average molecular weight is 318 g/mol. The molecule has 1 heterocycles. The Bertz CT molecular complexity index is 500. The normalized spacial score (nSPS) is 20.5. The first kappa shape index (κ1) is 17.6. The first-order valence-corrected chi connectivity index (χ1v) is 8.59. The van der Waals surface area contributed by atoms with Crippen molar-refractivity contribution in [1.29, 1.82) is 0 Å². The highest BCUT2D eigenvalue weighted by atomic mass is 16.5. The van der Waals surface area contributed by atoms with Gasteiger partial charge in [-0.3, -0.25) is 4.90 Å². The van der Waals surface area contributed by atoms with Gasteiger partial charge in [0.15, 0.2) is 5.96 Å².